The van der Waals surface area contributed by atoms with Crippen LogP contribution in [0, 0.1) is 5.82 Å². The molecule has 4 nitrogen and oxygen atoms in total. The van der Waals surface area contributed by atoms with Gasteiger partial charge in [-0.3, -0.25) is 4.90 Å². The Balaban J connectivity index is 1.60. The van der Waals surface area contributed by atoms with Crippen molar-refractivity contribution in [2.24, 2.45) is 0 Å². The number of ether oxygens (including phenoxy) is 2. The van der Waals surface area contributed by atoms with Gasteiger partial charge < -0.3 is 14.4 Å². The van der Waals surface area contributed by atoms with E-state index in [0.717, 1.165) is 31.1 Å². The van der Waals surface area contributed by atoms with Crippen LogP contribution in [0.15, 0.2) is 42.5 Å². The van der Waals surface area contributed by atoms with Crippen LogP contribution < -0.4 is 9.47 Å². The molecule has 2 aliphatic heterocycles. The fraction of sp³-hybridized carbons (Fsp3) is 0.478. The number of piperidine rings is 1. The maximum Gasteiger partial charge on any atom is 0.161 e. The molecule has 0 radical (unpaired) electrons. The van der Waals surface area contributed by atoms with Crippen molar-refractivity contribution in [3.63, 3.8) is 0 Å². The molecule has 2 aliphatic rings. The van der Waals surface area contributed by atoms with Crippen molar-refractivity contribution in [3.05, 3.63) is 59.4 Å². The molecule has 5 heteroatoms. The summed E-state index contributed by atoms with van der Waals surface area (Å²) < 4.78 is 24.3. The number of nitrogens with zero attached hydrogens (tertiary/aromatic N) is 2. The standard InChI is InChI=1S/C23H29FN2O2/c1-25-12-4-5-20-23(25)19(17-7-9-18(24)10-8-17)15-26(20)14-16-6-11-21(27-2)22(13-16)28-3/h6-11,13,19-20,23H,4-5,12,14-15H2,1-3H3/t19-,20-,23-/m1/s1. The van der Waals surface area contributed by atoms with Crippen LogP contribution in [-0.2, 0) is 6.54 Å². The molecule has 0 unspecified atom stereocenters. The van der Waals surface area contributed by atoms with Gasteiger partial charge in [0.15, 0.2) is 11.5 Å². The molecule has 2 saturated heterocycles. The Kier molecular flexibility index (Phi) is 5.56. The molecule has 2 fully saturated rings. The summed E-state index contributed by atoms with van der Waals surface area (Å²) in [6.07, 6.45) is 2.43. The molecular weight excluding hydrogens is 355 g/mol. The van der Waals surface area contributed by atoms with Crippen LogP contribution >= 0.6 is 0 Å². The maximum absolute atomic E-state index is 13.4. The minimum Gasteiger partial charge on any atom is -0.493 e. The van der Waals surface area contributed by atoms with Crippen molar-refractivity contribution in [2.45, 2.75) is 37.4 Å². The summed E-state index contributed by atoms with van der Waals surface area (Å²) >= 11 is 0. The number of likely N-dealkylation sites (N-methyl/N-ethyl adjacent to an activating group) is 1. The van der Waals surface area contributed by atoms with Gasteiger partial charge in [0.2, 0.25) is 0 Å². The second-order valence-electron chi connectivity index (χ2n) is 7.96. The Hall–Kier alpha value is -2.11. The molecule has 4 rings (SSSR count). The molecule has 2 aromatic rings. The molecule has 0 N–H and O–H groups in total. The fourth-order valence-electron chi connectivity index (χ4n) is 5.04. The summed E-state index contributed by atoms with van der Waals surface area (Å²) in [5.41, 5.74) is 2.46. The van der Waals surface area contributed by atoms with Gasteiger partial charge in [0.1, 0.15) is 5.82 Å². The van der Waals surface area contributed by atoms with E-state index in [9.17, 15) is 4.39 Å². The van der Waals surface area contributed by atoms with Crippen molar-refractivity contribution >= 4 is 0 Å². The van der Waals surface area contributed by atoms with Gasteiger partial charge >= 0.3 is 0 Å². The number of fused-ring (bicyclic) bond motifs is 1. The van der Waals surface area contributed by atoms with E-state index in [1.807, 2.05) is 18.2 Å². The van der Waals surface area contributed by atoms with Crippen molar-refractivity contribution in [1.82, 2.24) is 9.80 Å². The Morgan fingerprint density at radius 1 is 1.04 bits per heavy atom. The van der Waals surface area contributed by atoms with Crippen LogP contribution in [0.5, 0.6) is 11.5 Å². The summed E-state index contributed by atoms with van der Waals surface area (Å²) in [6.45, 7) is 3.00. The van der Waals surface area contributed by atoms with Crippen LogP contribution in [0.2, 0.25) is 0 Å². The van der Waals surface area contributed by atoms with Crippen LogP contribution in [0.4, 0.5) is 4.39 Å². The predicted molar refractivity (Wildman–Crippen MR) is 109 cm³/mol. The Morgan fingerprint density at radius 3 is 2.50 bits per heavy atom. The highest BCUT2D eigenvalue weighted by Crippen LogP contribution is 2.40. The molecule has 28 heavy (non-hydrogen) atoms. The number of hydrogen-bond donors (Lipinski definition) is 0. The number of likely N-dealkylation sites (tertiary alicyclic amines) is 2. The summed E-state index contributed by atoms with van der Waals surface area (Å²) in [7, 11) is 5.56. The molecule has 2 aromatic carbocycles. The van der Waals surface area contributed by atoms with Gasteiger partial charge in [-0.25, -0.2) is 4.39 Å². The second-order valence-corrected chi connectivity index (χ2v) is 7.96. The average Bonchev–Trinajstić information content (AvgIpc) is 3.08. The van der Waals surface area contributed by atoms with Gasteiger partial charge in [-0.05, 0) is 61.8 Å². The van der Waals surface area contributed by atoms with Gasteiger partial charge in [0.25, 0.3) is 0 Å². The molecule has 0 saturated carbocycles. The zero-order valence-corrected chi connectivity index (χ0v) is 16.9. The van der Waals surface area contributed by atoms with Crippen molar-refractivity contribution in [2.75, 3.05) is 34.4 Å². The molecule has 0 bridgehead atoms. The van der Waals surface area contributed by atoms with Crippen molar-refractivity contribution in [1.29, 1.82) is 0 Å². The first-order valence-corrected chi connectivity index (χ1v) is 10.0. The van der Waals surface area contributed by atoms with E-state index >= 15 is 0 Å². The molecule has 3 atom stereocenters. The summed E-state index contributed by atoms with van der Waals surface area (Å²) in [6, 6.07) is 14.3. The van der Waals surface area contributed by atoms with Gasteiger partial charge in [0.05, 0.1) is 14.2 Å². The lowest BCUT2D eigenvalue weighted by molar-refractivity contribution is 0.109. The number of rotatable bonds is 5. The lowest BCUT2D eigenvalue weighted by Crippen LogP contribution is -2.48. The van der Waals surface area contributed by atoms with E-state index < -0.39 is 0 Å². The highest BCUT2D eigenvalue weighted by atomic mass is 19.1. The van der Waals surface area contributed by atoms with Crippen LogP contribution in [-0.4, -0.2) is 56.2 Å². The van der Waals surface area contributed by atoms with Crippen LogP contribution in [0.1, 0.15) is 29.9 Å². The van der Waals surface area contributed by atoms with E-state index in [2.05, 4.69) is 29.0 Å². The summed E-state index contributed by atoms with van der Waals surface area (Å²) in [5.74, 6) is 1.76. The zero-order chi connectivity index (χ0) is 19.7. The average molecular weight is 384 g/mol. The quantitative estimate of drug-likeness (QED) is 0.781. The van der Waals surface area contributed by atoms with E-state index in [1.165, 1.54) is 24.0 Å². The number of benzene rings is 2. The first-order chi connectivity index (χ1) is 13.6. The van der Waals surface area contributed by atoms with Gasteiger partial charge in [-0.2, -0.15) is 0 Å². The topological polar surface area (TPSA) is 24.9 Å². The van der Waals surface area contributed by atoms with Crippen LogP contribution in [0.3, 0.4) is 0 Å². The van der Waals surface area contributed by atoms with Gasteiger partial charge in [0, 0.05) is 31.1 Å². The molecule has 150 valence electrons. The number of halogens is 1. The minimum atomic E-state index is -0.169. The van der Waals surface area contributed by atoms with E-state index in [1.54, 1.807) is 26.4 Å². The SMILES string of the molecule is COc1ccc(CN2C[C@H](c3ccc(F)cc3)[C@@H]3[C@H]2CCCN3C)cc1OC. The fourth-order valence-corrected chi connectivity index (χ4v) is 5.04. The van der Waals surface area contributed by atoms with Gasteiger partial charge in [-0.15, -0.1) is 0 Å². The third-order valence-electron chi connectivity index (χ3n) is 6.36. The number of hydrogen-bond acceptors (Lipinski definition) is 4. The molecule has 0 aromatic heterocycles. The lowest BCUT2D eigenvalue weighted by atomic mass is 9.86. The highest BCUT2D eigenvalue weighted by molar-refractivity contribution is 5.43. The van der Waals surface area contributed by atoms with Crippen LogP contribution in [0.25, 0.3) is 0 Å². The first kappa shape index (κ1) is 19.2. The largest absolute Gasteiger partial charge is 0.493 e. The smallest absolute Gasteiger partial charge is 0.161 e. The van der Waals surface area contributed by atoms with E-state index in [0.29, 0.717) is 18.0 Å². The molecule has 0 amide bonds. The monoisotopic (exact) mass is 384 g/mol. The van der Waals surface area contributed by atoms with E-state index in [-0.39, 0.29) is 5.82 Å². The Labute approximate surface area is 166 Å². The summed E-state index contributed by atoms with van der Waals surface area (Å²) in [4.78, 5) is 5.09. The third kappa shape index (κ3) is 3.61. The Morgan fingerprint density at radius 2 is 1.79 bits per heavy atom. The summed E-state index contributed by atoms with van der Waals surface area (Å²) in [5, 5.41) is 0. The zero-order valence-electron chi connectivity index (χ0n) is 16.9. The lowest BCUT2D eigenvalue weighted by Gasteiger charge is -2.39. The Bertz CT molecular complexity index is 811. The predicted octanol–water partition coefficient (Wildman–Crippen LogP) is 3.91. The molecule has 0 spiro atoms. The van der Waals surface area contributed by atoms with E-state index in [4.69, 9.17) is 9.47 Å². The second kappa shape index (κ2) is 8.10. The third-order valence-corrected chi connectivity index (χ3v) is 6.36. The first-order valence-electron chi connectivity index (χ1n) is 10.0. The van der Waals surface area contributed by atoms with Gasteiger partial charge in [-0.1, -0.05) is 18.2 Å². The normalized spacial score (nSPS) is 25.5. The molecular formula is C23H29FN2O2. The van der Waals surface area contributed by atoms with Crippen molar-refractivity contribution < 1.29 is 13.9 Å². The highest BCUT2D eigenvalue weighted by Gasteiger charge is 2.45. The molecule has 0 aliphatic carbocycles. The number of methoxy groups -OCH3 is 2. The minimum absolute atomic E-state index is 0.169. The molecule has 2 heterocycles. The van der Waals surface area contributed by atoms with Crippen molar-refractivity contribution in [3.8, 4) is 11.5 Å². The maximum atomic E-state index is 13.4.